The molecule has 1 N–H and O–H groups in total. The number of nitrogens with zero attached hydrogens (tertiary/aromatic N) is 4. The monoisotopic (exact) mass is 664 g/mol. The molecule has 0 radical (unpaired) electrons. The third-order valence-corrected chi connectivity index (χ3v) is 9.40. The maximum Gasteiger partial charge on any atom is 0.388 e. The van der Waals surface area contributed by atoms with Crippen LogP contribution in [0.5, 0.6) is 0 Å². The summed E-state index contributed by atoms with van der Waals surface area (Å²) < 4.78 is 44.1. The Morgan fingerprint density at radius 1 is 1.19 bits per heavy atom. The number of aryl methyl sites for hydroxylation is 2. The summed E-state index contributed by atoms with van der Waals surface area (Å²) in [6.07, 6.45) is 2.33. The number of halogens is 1. The number of aromatic nitrogens is 3. The van der Waals surface area contributed by atoms with Gasteiger partial charge >= 0.3 is 16.3 Å². The van der Waals surface area contributed by atoms with Crippen LogP contribution in [0.3, 0.4) is 0 Å². The van der Waals surface area contributed by atoms with E-state index in [-0.39, 0.29) is 31.5 Å². The van der Waals surface area contributed by atoms with E-state index in [1.807, 2.05) is 48.9 Å². The highest BCUT2D eigenvalue weighted by Crippen LogP contribution is 2.37. The summed E-state index contributed by atoms with van der Waals surface area (Å²) in [6.45, 7) is 9.40. The van der Waals surface area contributed by atoms with Crippen LogP contribution in [-0.2, 0) is 35.3 Å². The number of rotatable bonds is 13. The molecule has 2 atom stereocenters. The molecular formula is C29H37BrN4O7S. The summed E-state index contributed by atoms with van der Waals surface area (Å²) in [6, 6.07) is 9.16. The molecule has 0 bridgehead atoms. The maximum absolute atomic E-state index is 12.8. The number of fused-ring (bicyclic) bond motifs is 1. The van der Waals surface area contributed by atoms with Crippen molar-refractivity contribution < 1.29 is 32.0 Å². The molecule has 3 aromatic rings. The summed E-state index contributed by atoms with van der Waals surface area (Å²) >= 11 is 3.40. The first kappa shape index (κ1) is 31.9. The summed E-state index contributed by atoms with van der Waals surface area (Å²) in [5.74, 6) is -1.35. The van der Waals surface area contributed by atoms with Crippen molar-refractivity contribution in [2.75, 3.05) is 31.7 Å². The van der Waals surface area contributed by atoms with Gasteiger partial charge in [-0.15, -0.1) is 5.10 Å². The van der Waals surface area contributed by atoms with Crippen LogP contribution in [0.25, 0.3) is 11.0 Å². The number of hydrogen-bond acceptors (Lipinski definition) is 9. The van der Waals surface area contributed by atoms with Gasteiger partial charge in [0, 0.05) is 30.5 Å². The number of carbonyl (C=O) groups excluding carboxylic acids is 1. The minimum atomic E-state index is -4.18. The van der Waals surface area contributed by atoms with Crippen molar-refractivity contribution >= 4 is 43.2 Å². The van der Waals surface area contributed by atoms with E-state index >= 15 is 0 Å². The first-order chi connectivity index (χ1) is 20.1. The highest BCUT2D eigenvalue weighted by Gasteiger charge is 2.34. The molecule has 0 spiro atoms. The van der Waals surface area contributed by atoms with E-state index in [1.165, 1.54) is 10.4 Å². The minimum Gasteiger partial charge on any atom is -0.480 e. The topological polar surface area (TPSA) is 133 Å². The van der Waals surface area contributed by atoms with Crippen molar-refractivity contribution in [3.8, 4) is 0 Å². The van der Waals surface area contributed by atoms with Crippen molar-refractivity contribution in [1.29, 1.82) is 0 Å². The molecule has 228 valence electrons. The summed E-state index contributed by atoms with van der Waals surface area (Å²) in [5, 5.41) is 19.3. The van der Waals surface area contributed by atoms with E-state index in [1.54, 1.807) is 13.8 Å². The Balaban J connectivity index is 1.70. The van der Waals surface area contributed by atoms with E-state index in [2.05, 4.69) is 26.2 Å². The van der Waals surface area contributed by atoms with Crippen LogP contribution in [-0.4, -0.2) is 70.5 Å². The van der Waals surface area contributed by atoms with Gasteiger partial charge in [-0.25, -0.2) is 4.68 Å². The van der Waals surface area contributed by atoms with Gasteiger partial charge in [0.1, 0.15) is 5.52 Å². The highest BCUT2D eigenvalue weighted by atomic mass is 79.9. The molecule has 0 saturated carbocycles. The number of alkyl halides is 1. The maximum atomic E-state index is 12.8. The van der Waals surface area contributed by atoms with Crippen molar-refractivity contribution in [2.45, 2.75) is 59.0 Å². The van der Waals surface area contributed by atoms with Crippen LogP contribution < -0.4 is 0 Å². The molecule has 0 aliphatic carbocycles. The molecule has 1 aromatic heterocycles. The Hall–Kier alpha value is -3.00. The van der Waals surface area contributed by atoms with E-state index in [4.69, 9.17) is 13.7 Å². The quantitative estimate of drug-likeness (QED) is 0.153. The van der Waals surface area contributed by atoms with Gasteiger partial charge in [0.2, 0.25) is 0 Å². The second kappa shape index (κ2) is 14.0. The number of benzene rings is 2. The minimum absolute atomic E-state index is 0.0295. The smallest absolute Gasteiger partial charge is 0.388 e. The SMILES string of the molecule is CCOC(=O)CC(c1ccc(C)c([C@@H](C)N2CC=C(O)OS2(=O)=O)c1)c1ccc2c(nnn2CCOCCCBr)c1C. The molecule has 0 amide bonds. The van der Waals surface area contributed by atoms with Gasteiger partial charge in [-0.1, -0.05) is 45.4 Å². The zero-order valence-electron chi connectivity index (χ0n) is 24.2. The van der Waals surface area contributed by atoms with Crippen molar-refractivity contribution in [2.24, 2.45) is 0 Å². The molecular weight excluding hydrogens is 628 g/mol. The average molecular weight is 666 g/mol. The summed E-state index contributed by atoms with van der Waals surface area (Å²) in [7, 11) is -4.18. The Bertz CT molecular complexity index is 1560. The third-order valence-electron chi connectivity index (χ3n) is 7.42. The molecule has 0 fully saturated rings. The number of aliphatic hydroxyl groups excluding tert-OH is 1. The number of hydrogen-bond donors (Lipinski definition) is 1. The van der Waals surface area contributed by atoms with Crippen molar-refractivity contribution in [3.63, 3.8) is 0 Å². The van der Waals surface area contributed by atoms with Gasteiger partial charge in [0.15, 0.2) is 0 Å². The lowest BCUT2D eigenvalue weighted by atomic mass is 9.83. The van der Waals surface area contributed by atoms with Gasteiger partial charge in [0.25, 0.3) is 5.95 Å². The molecule has 1 aliphatic heterocycles. The van der Waals surface area contributed by atoms with Crippen LogP contribution in [0.4, 0.5) is 0 Å². The predicted molar refractivity (Wildman–Crippen MR) is 162 cm³/mol. The van der Waals surface area contributed by atoms with Gasteiger partial charge < -0.3 is 18.8 Å². The molecule has 13 heteroatoms. The molecule has 11 nitrogen and oxygen atoms in total. The van der Waals surface area contributed by atoms with E-state index < -0.39 is 22.3 Å². The fourth-order valence-electron chi connectivity index (χ4n) is 5.21. The highest BCUT2D eigenvalue weighted by molar-refractivity contribution is 9.09. The predicted octanol–water partition coefficient (Wildman–Crippen LogP) is 4.97. The lowest BCUT2D eigenvalue weighted by Crippen LogP contribution is -2.38. The standard InChI is InChI=1S/C29H37BrN4O7S/c1-5-40-28(36)18-25(23-9-10-26-29(20(23)3)31-32-33(26)14-16-39-15-6-12-30)22-8-7-19(2)24(17-22)21(4)34-13-11-27(35)41-42(34,37)38/h7-11,17,21,25,35H,5-6,12-16,18H2,1-4H3/t21-,25?/m1/s1. The molecule has 2 aromatic carbocycles. The molecule has 0 saturated heterocycles. The van der Waals surface area contributed by atoms with Crippen molar-refractivity contribution in [3.05, 3.63) is 70.2 Å². The second-order valence-corrected chi connectivity index (χ2v) is 12.4. The Morgan fingerprint density at radius 3 is 2.69 bits per heavy atom. The van der Waals surface area contributed by atoms with Crippen LogP contribution in [0, 0.1) is 13.8 Å². The van der Waals surface area contributed by atoms with E-state index in [0.29, 0.717) is 19.8 Å². The van der Waals surface area contributed by atoms with Crippen LogP contribution in [0.15, 0.2) is 42.4 Å². The molecule has 4 rings (SSSR count). The first-order valence-corrected chi connectivity index (χ1v) is 16.4. The lowest BCUT2D eigenvalue weighted by molar-refractivity contribution is -0.143. The molecule has 42 heavy (non-hydrogen) atoms. The van der Waals surface area contributed by atoms with E-state index in [0.717, 1.165) is 50.6 Å². The lowest BCUT2D eigenvalue weighted by Gasteiger charge is -2.30. The fourth-order valence-corrected chi connectivity index (χ4v) is 6.58. The van der Waals surface area contributed by atoms with Gasteiger partial charge in [-0.3, -0.25) is 4.79 Å². The first-order valence-electron chi connectivity index (χ1n) is 13.9. The Kier molecular flexibility index (Phi) is 10.6. The Morgan fingerprint density at radius 2 is 1.98 bits per heavy atom. The number of esters is 1. The van der Waals surface area contributed by atoms with Gasteiger partial charge in [0.05, 0.1) is 37.7 Å². The zero-order chi connectivity index (χ0) is 30.4. The van der Waals surface area contributed by atoms with Crippen LogP contribution >= 0.6 is 15.9 Å². The normalized spacial score (nSPS) is 16.5. The Labute approximate surface area is 254 Å². The van der Waals surface area contributed by atoms with Gasteiger partial charge in [-0.2, -0.15) is 12.7 Å². The largest absolute Gasteiger partial charge is 0.480 e. The van der Waals surface area contributed by atoms with Crippen LogP contribution in [0.2, 0.25) is 0 Å². The van der Waals surface area contributed by atoms with Gasteiger partial charge in [-0.05, 0) is 68.0 Å². The molecule has 2 heterocycles. The second-order valence-electron chi connectivity index (χ2n) is 10.1. The number of ether oxygens (including phenoxy) is 2. The van der Waals surface area contributed by atoms with E-state index in [9.17, 15) is 18.3 Å². The fraction of sp³-hybridized carbons (Fsp3) is 0.483. The number of carbonyl (C=O) groups is 1. The summed E-state index contributed by atoms with van der Waals surface area (Å²) in [5.41, 5.74) is 5.89. The number of aliphatic hydroxyl groups is 1. The summed E-state index contributed by atoms with van der Waals surface area (Å²) in [4.78, 5) is 12.8. The zero-order valence-corrected chi connectivity index (χ0v) is 26.6. The van der Waals surface area contributed by atoms with Crippen molar-refractivity contribution in [1.82, 2.24) is 19.3 Å². The third kappa shape index (κ3) is 7.13. The van der Waals surface area contributed by atoms with Crippen LogP contribution in [0.1, 0.15) is 66.5 Å². The molecule has 1 unspecified atom stereocenters. The average Bonchev–Trinajstić information content (AvgIpc) is 3.35. The molecule has 1 aliphatic rings.